The van der Waals surface area contributed by atoms with Gasteiger partial charge in [0.15, 0.2) is 5.96 Å². The average Bonchev–Trinajstić information content (AvgIpc) is 2.42. The molecule has 0 atom stereocenters. The first-order valence-electron chi connectivity index (χ1n) is 6.73. The van der Waals surface area contributed by atoms with Crippen LogP contribution in [-0.4, -0.2) is 31.5 Å². The zero-order valence-electron chi connectivity index (χ0n) is 12.3. The normalized spacial score (nSPS) is 9.29. The minimum Gasteiger partial charge on any atom is -0.357 e. The van der Waals surface area contributed by atoms with Crippen LogP contribution in [0.2, 0.25) is 0 Å². The van der Waals surface area contributed by atoms with E-state index in [1.807, 2.05) is 38.1 Å². The summed E-state index contributed by atoms with van der Waals surface area (Å²) in [5.74, 6) is 0.704. The highest BCUT2D eigenvalue weighted by atomic mass is 127. The Kier molecular flexibility index (Phi) is 11.3. The molecule has 118 valence electrons. The van der Waals surface area contributed by atoms with Crippen LogP contribution in [0.4, 0.5) is 5.69 Å². The number of anilines is 1. The fraction of sp³-hybridized carbons (Fsp3) is 0.429. The lowest BCUT2D eigenvalue weighted by atomic mass is 10.3. The van der Waals surface area contributed by atoms with E-state index in [4.69, 9.17) is 0 Å². The van der Waals surface area contributed by atoms with Crippen molar-refractivity contribution in [1.82, 2.24) is 10.6 Å². The lowest BCUT2D eigenvalue weighted by molar-refractivity contribution is -0.116. The van der Waals surface area contributed by atoms with Crippen LogP contribution in [0.1, 0.15) is 20.3 Å². The second-order valence-electron chi connectivity index (χ2n) is 4.10. The second-order valence-corrected chi connectivity index (χ2v) is 5.01. The molecular formula is C14H22BrIN4O. The molecule has 0 fully saturated rings. The molecule has 0 bridgehead atoms. The third kappa shape index (κ3) is 8.92. The average molecular weight is 469 g/mol. The summed E-state index contributed by atoms with van der Waals surface area (Å²) in [6.45, 7) is 6.08. The van der Waals surface area contributed by atoms with Crippen molar-refractivity contribution in [3.63, 3.8) is 0 Å². The Bertz CT molecular complexity index is 443. The van der Waals surface area contributed by atoms with Gasteiger partial charge in [-0.05, 0) is 38.1 Å². The van der Waals surface area contributed by atoms with Gasteiger partial charge in [-0.25, -0.2) is 0 Å². The summed E-state index contributed by atoms with van der Waals surface area (Å²) in [7, 11) is 0. The van der Waals surface area contributed by atoms with Gasteiger partial charge in [-0.2, -0.15) is 0 Å². The van der Waals surface area contributed by atoms with Crippen molar-refractivity contribution in [2.45, 2.75) is 20.3 Å². The summed E-state index contributed by atoms with van der Waals surface area (Å²) >= 11 is 3.35. The van der Waals surface area contributed by atoms with E-state index in [2.05, 4.69) is 36.9 Å². The van der Waals surface area contributed by atoms with Gasteiger partial charge in [0.1, 0.15) is 0 Å². The smallest absolute Gasteiger partial charge is 0.226 e. The second kappa shape index (κ2) is 11.8. The molecule has 1 aromatic rings. The number of carbonyl (C=O) groups excluding carboxylic acids is 1. The standard InChI is InChI=1S/C14H21BrN4O.HI/c1-3-16-14(17-4-2)18-10-9-13(20)19-12-7-5-11(15)6-8-12;/h5-8H,3-4,9-10H2,1-2H3,(H,19,20)(H2,16,17,18);1H. The number of aliphatic imine (C=N–C) groups is 1. The monoisotopic (exact) mass is 468 g/mol. The highest BCUT2D eigenvalue weighted by Crippen LogP contribution is 2.14. The van der Waals surface area contributed by atoms with Crippen LogP contribution in [0.25, 0.3) is 0 Å². The molecule has 1 aromatic carbocycles. The third-order valence-electron chi connectivity index (χ3n) is 2.43. The molecule has 0 saturated heterocycles. The van der Waals surface area contributed by atoms with E-state index in [9.17, 15) is 4.79 Å². The maximum Gasteiger partial charge on any atom is 0.226 e. The molecule has 1 amide bonds. The minimum absolute atomic E-state index is 0. The van der Waals surface area contributed by atoms with Crippen LogP contribution < -0.4 is 16.0 Å². The molecular weight excluding hydrogens is 447 g/mol. The lowest BCUT2D eigenvalue weighted by Gasteiger charge is -2.09. The van der Waals surface area contributed by atoms with Gasteiger partial charge in [0.2, 0.25) is 5.91 Å². The van der Waals surface area contributed by atoms with E-state index < -0.39 is 0 Å². The Balaban J connectivity index is 0.00000400. The van der Waals surface area contributed by atoms with Gasteiger partial charge >= 0.3 is 0 Å². The van der Waals surface area contributed by atoms with E-state index in [0.29, 0.717) is 13.0 Å². The molecule has 0 aromatic heterocycles. The molecule has 0 aliphatic rings. The quantitative estimate of drug-likeness (QED) is 0.341. The topological polar surface area (TPSA) is 65.5 Å². The van der Waals surface area contributed by atoms with Gasteiger partial charge in [0.25, 0.3) is 0 Å². The van der Waals surface area contributed by atoms with Crippen molar-refractivity contribution in [2.24, 2.45) is 4.99 Å². The van der Waals surface area contributed by atoms with Crippen LogP contribution in [0.15, 0.2) is 33.7 Å². The van der Waals surface area contributed by atoms with E-state index >= 15 is 0 Å². The molecule has 1 rings (SSSR count). The zero-order chi connectivity index (χ0) is 14.8. The van der Waals surface area contributed by atoms with Gasteiger partial charge in [0, 0.05) is 29.7 Å². The number of hydrogen-bond acceptors (Lipinski definition) is 2. The molecule has 0 radical (unpaired) electrons. The summed E-state index contributed by atoms with van der Waals surface area (Å²) in [6, 6.07) is 7.49. The van der Waals surface area contributed by atoms with Crippen molar-refractivity contribution in [3.8, 4) is 0 Å². The lowest BCUT2D eigenvalue weighted by Crippen LogP contribution is -2.37. The number of guanidine groups is 1. The first-order chi connectivity index (χ1) is 9.65. The number of halogens is 2. The fourth-order valence-corrected chi connectivity index (χ4v) is 1.80. The SMILES string of the molecule is CCNC(=NCCC(=O)Nc1ccc(Br)cc1)NCC.I. The summed E-state index contributed by atoms with van der Waals surface area (Å²) in [5.41, 5.74) is 0.792. The number of amides is 1. The number of nitrogens with one attached hydrogen (secondary N) is 3. The molecule has 0 unspecified atom stereocenters. The van der Waals surface area contributed by atoms with Crippen LogP contribution in [0.3, 0.4) is 0 Å². The number of carbonyl (C=O) groups is 1. The first-order valence-corrected chi connectivity index (χ1v) is 7.52. The molecule has 0 aliphatic heterocycles. The molecule has 0 aliphatic carbocycles. The first kappa shape index (κ1) is 20.2. The molecule has 7 heteroatoms. The molecule has 0 spiro atoms. The molecule has 5 nitrogen and oxygen atoms in total. The van der Waals surface area contributed by atoms with Crippen molar-refractivity contribution in [3.05, 3.63) is 28.7 Å². The predicted octanol–water partition coefficient (Wildman–Crippen LogP) is 2.97. The highest BCUT2D eigenvalue weighted by Gasteiger charge is 2.02. The Hall–Kier alpha value is -0.830. The zero-order valence-corrected chi connectivity index (χ0v) is 16.2. The Morgan fingerprint density at radius 1 is 1.14 bits per heavy atom. The Labute approximate surface area is 151 Å². The predicted molar refractivity (Wildman–Crippen MR) is 102 cm³/mol. The Morgan fingerprint density at radius 3 is 2.24 bits per heavy atom. The van der Waals surface area contributed by atoms with Crippen molar-refractivity contribution in [2.75, 3.05) is 25.0 Å². The van der Waals surface area contributed by atoms with Crippen molar-refractivity contribution < 1.29 is 4.79 Å². The van der Waals surface area contributed by atoms with Gasteiger partial charge in [0.05, 0.1) is 6.54 Å². The number of benzene rings is 1. The largest absolute Gasteiger partial charge is 0.357 e. The molecule has 0 heterocycles. The van der Waals surface area contributed by atoms with E-state index in [-0.39, 0.29) is 29.9 Å². The summed E-state index contributed by atoms with van der Waals surface area (Å²) in [4.78, 5) is 16.1. The highest BCUT2D eigenvalue weighted by molar-refractivity contribution is 14.0. The number of nitrogens with zero attached hydrogens (tertiary/aromatic N) is 1. The van der Waals surface area contributed by atoms with Gasteiger partial charge in [-0.15, -0.1) is 24.0 Å². The number of rotatable bonds is 6. The third-order valence-corrected chi connectivity index (χ3v) is 2.95. The summed E-state index contributed by atoms with van der Waals surface area (Å²) in [5, 5.41) is 9.07. The van der Waals surface area contributed by atoms with Crippen LogP contribution in [-0.2, 0) is 4.79 Å². The Morgan fingerprint density at radius 2 is 1.71 bits per heavy atom. The maximum absolute atomic E-state index is 11.8. The van der Waals surface area contributed by atoms with Crippen LogP contribution in [0, 0.1) is 0 Å². The summed E-state index contributed by atoms with van der Waals surface area (Å²) in [6.07, 6.45) is 0.357. The summed E-state index contributed by atoms with van der Waals surface area (Å²) < 4.78 is 0.987. The van der Waals surface area contributed by atoms with Gasteiger partial charge < -0.3 is 16.0 Å². The van der Waals surface area contributed by atoms with Gasteiger partial charge in [-0.3, -0.25) is 9.79 Å². The maximum atomic E-state index is 11.8. The van der Waals surface area contributed by atoms with Crippen molar-refractivity contribution >= 4 is 57.5 Å². The fourth-order valence-electron chi connectivity index (χ4n) is 1.54. The van der Waals surface area contributed by atoms with Crippen molar-refractivity contribution in [1.29, 1.82) is 0 Å². The molecule has 21 heavy (non-hydrogen) atoms. The van der Waals surface area contributed by atoms with Crippen LogP contribution in [0.5, 0.6) is 0 Å². The minimum atomic E-state index is -0.0385. The van der Waals surface area contributed by atoms with E-state index in [0.717, 1.165) is 29.2 Å². The molecule has 3 N–H and O–H groups in total. The van der Waals surface area contributed by atoms with Gasteiger partial charge in [-0.1, -0.05) is 15.9 Å². The number of hydrogen-bond donors (Lipinski definition) is 3. The van der Waals surface area contributed by atoms with Crippen LogP contribution >= 0.6 is 39.9 Å². The molecule has 0 saturated carbocycles. The van der Waals surface area contributed by atoms with E-state index in [1.54, 1.807) is 0 Å². The van der Waals surface area contributed by atoms with E-state index in [1.165, 1.54) is 0 Å².